The van der Waals surface area contributed by atoms with E-state index < -0.39 is 30.2 Å². The summed E-state index contributed by atoms with van der Waals surface area (Å²) in [6.07, 6.45) is 3.31. The van der Waals surface area contributed by atoms with Gasteiger partial charge in [0.05, 0.1) is 13.1 Å². The van der Waals surface area contributed by atoms with E-state index >= 15 is 0 Å². The first-order valence-corrected chi connectivity index (χ1v) is 15.8. The number of aromatic nitrogens is 4. The summed E-state index contributed by atoms with van der Waals surface area (Å²) in [6, 6.07) is 40.0. The van der Waals surface area contributed by atoms with Crippen LogP contribution in [-0.4, -0.2) is 19.9 Å². The first-order valence-electron chi connectivity index (χ1n) is 18.3. The Hall–Kier alpha value is -6.72. The van der Waals surface area contributed by atoms with E-state index in [1.807, 2.05) is 91.0 Å². The third kappa shape index (κ3) is 5.33. The highest BCUT2D eigenvalue weighted by Crippen LogP contribution is 2.40. The van der Waals surface area contributed by atoms with Gasteiger partial charge < -0.3 is 4.42 Å². The largest absolute Gasteiger partial charge is 0.454 e. The summed E-state index contributed by atoms with van der Waals surface area (Å²) >= 11 is 0. The van der Waals surface area contributed by atoms with Gasteiger partial charge in [-0.15, -0.1) is 0 Å². The van der Waals surface area contributed by atoms with Crippen molar-refractivity contribution in [3.8, 4) is 67.5 Å². The van der Waals surface area contributed by atoms with Crippen LogP contribution in [0, 0.1) is 0 Å². The minimum Gasteiger partial charge on any atom is -0.454 e. The molecule has 49 heavy (non-hydrogen) atoms. The van der Waals surface area contributed by atoms with Crippen molar-refractivity contribution in [3.63, 3.8) is 0 Å². The molecule has 0 unspecified atom stereocenters. The van der Waals surface area contributed by atoms with E-state index in [4.69, 9.17) is 26.2 Å². The summed E-state index contributed by atoms with van der Waals surface area (Å²) < 4.78 is 48.8. The van der Waals surface area contributed by atoms with Crippen LogP contribution in [0.25, 0.3) is 89.5 Å². The maximum Gasteiger partial charge on any atom is 0.166 e. The average molecular weight is 634 g/mol. The molecule has 0 aliphatic carbocycles. The smallest absolute Gasteiger partial charge is 0.166 e. The van der Waals surface area contributed by atoms with Crippen molar-refractivity contribution in [2.75, 3.05) is 0 Å². The van der Waals surface area contributed by atoms with Gasteiger partial charge in [-0.1, -0.05) is 158 Å². The number of para-hydroxylation sites is 1. The molecule has 0 fully saturated rings. The van der Waals surface area contributed by atoms with Crippen molar-refractivity contribution >= 4 is 21.9 Å². The SMILES string of the molecule is [2H]c1c([2H])c([2H])c(-c2nc(-c3ccc(-c4ccccc4)cc3)nc(-c3cncc4oc5c(-c6ccc(-c7ccccc7)cc6)cccc5c34)n2)c([2H])c1[2H]. The van der Waals surface area contributed by atoms with E-state index in [1.54, 1.807) is 12.4 Å². The van der Waals surface area contributed by atoms with Gasteiger partial charge in [0.1, 0.15) is 5.58 Å². The number of pyridine rings is 1. The Bertz CT molecular complexity index is 2830. The fraction of sp³-hybridized carbons (Fsp3) is 0. The third-order valence-corrected chi connectivity index (χ3v) is 8.56. The number of nitrogens with zero attached hydrogens (tertiary/aromatic N) is 4. The van der Waals surface area contributed by atoms with Gasteiger partial charge in [-0.2, -0.15) is 0 Å². The topological polar surface area (TPSA) is 64.7 Å². The van der Waals surface area contributed by atoms with Gasteiger partial charge in [-0.3, -0.25) is 4.98 Å². The van der Waals surface area contributed by atoms with E-state index in [2.05, 4.69) is 41.4 Å². The van der Waals surface area contributed by atoms with E-state index in [0.29, 0.717) is 22.3 Å². The van der Waals surface area contributed by atoms with Crippen LogP contribution in [0.2, 0.25) is 0 Å². The Labute approximate surface area is 290 Å². The van der Waals surface area contributed by atoms with E-state index in [9.17, 15) is 0 Å². The lowest BCUT2D eigenvalue weighted by Crippen LogP contribution is -2.00. The predicted molar refractivity (Wildman–Crippen MR) is 198 cm³/mol. The highest BCUT2D eigenvalue weighted by Gasteiger charge is 2.20. The summed E-state index contributed by atoms with van der Waals surface area (Å²) in [6.45, 7) is 0. The van der Waals surface area contributed by atoms with Crippen LogP contribution in [0.1, 0.15) is 6.85 Å². The molecule has 9 rings (SSSR count). The summed E-state index contributed by atoms with van der Waals surface area (Å²) in [5.41, 5.74) is 8.46. The number of hydrogen-bond acceptors (Lipinski definition) is 5. The van der Waals surface area contributed by atoms with Crippen molar-refractivity contribution in [1.82, 2.24) is 19.9 Å². The molecule has 6 aromatic carbocycles. The van der Waals surface area contributed by atoms with Gasteiger partial charge in [-0.05, 0) is 27.8 Å². The Morgan fingerprint density at radius 1 is 0.429 bits per heavy atom. The minimum atomic E-state index is -0.496. The quantitative estimate of drug-likeness (QED) is 0.182. The van der Waals surface area contributed by atoms with E-state index in [-0.39, 0.29) is 23.0 Å². The molecule has 0 saturated heterocycles. The van der Waals surface area contributed by atoms with Gasteiger partial charge in [0, 0.05) is 39.2 Å². The molecule has 5 nitrogen and oxygen atoms in total. The van der Waals surface area contributed by atoms with Crippen LogP contribution in [0.3, 0.4) is 0 Å². The Balaban J connectivity index is 1.23. The number of fused-ring (bicyclic) bond motifs is 3. The molecule has 0 aliphatic rings. The lowest BCUT2D eigenvalue weighted by Gasteiger charge is -2.09. The summed E-state index contributed by atoms with van der Waals surface area (Å²) in [4.78, 5) is 18.9. The molecule has 0 radical (unpaired) electrons. The summed E-state index contributed by atoms with van der Waals surface area (Å²) in [5.74, 6) is 0.431. The number of hydrogen-bond donors (Lipinski definition) is 0. The fourth-order valence-electron chi connectivity index (χ4n) is 6.16. The van der Waals surface area contributed by atoms with Crippen LogP contribution in [0.5, 0.6) is 0 Å². The Morgan fingerprint density at radius 2 is 0.980 bits per heavy atom. The highest BCUT2D eigenvalue weighted by atomic mass is 16.3. The molecular weight excluding hydrogens is 601 g/mol. The number of rotatable bonds is 6. The molecular formula is C44H28N4O. The normalized spacial score (nSPS) is 12.7. The zero-order valence-electron chi connectivity index (χ0n) is 31.0. The van der Waals surface area contributed by atoms with E-state index in [1.165, 1.54) is 0 Å². The molecule has 3 heterocycles. The fourth-order valence-corrected chi connectivity index (χ4v) is 6.16. The maximum atomic E-state index is 8.73. The lowest BCUT2D eigenvalue weighted by atomic mass is 9.98. The molecule has 0 bridgehead atoms. The molecule has 0 aliphatic heterocycles. The third-order valence-electron chi connectivity index (χ3n) is 8.56. The van der Waals surface area contributed by atoms with Crippen molar-refractivity contribution in [2.24, 2.45) is 0 Å². The second-order valence-corrected chi connectivity index (χ2v) is 11.5. The predicted octanol–water partition coefficient (Wildman–Crippen LogP) is 11.2. The number of benzene rings is 6. The van der Waals surface area contributed by atoms with E-state index in [0.717, 1.165) is 44.2 Å². The highest BCUT2D eigenvalue weighted by molar-refractivity contribution is 6.14. The molecule has 0 saturated carbocycles. The van der Waals surface area contributed by atoms with Crippen molar-refractivity contribution in [2.45, 2.75) is 0 Å². The van der Waals surface area contributed by atoms with Crippen molar-refractivity contribution < 1.29 is 11.3 Å². The zero-order valence-corrected chi connectivity index (χ0v) is 26.0. The Morgan fingerprint density at radius 3 is 1.63 bits per heavy atom. The minimum absolute atomic E-state index is 0.0527. The molecule has 3 aromatic heterocycles. The average Bonchev–Trinajstić information content (AvgIpc) is 3.62. The molecule has 0 N–H and O–H groups in total. The summed E-state index contributed by atoms with van der Waals surface area (Å²) in [7, 11) is 0. The molecule has 0 amide bonds. The second kappa shape index (κ2) is 12.1. The van der Waals surface area contributed by atoms with Gasteiger partial charge in [0.15, 0.2) is 23.1 Å². The summed E-state index contributed by atoms with van der Waals surface area (Å²) in [5, 5.41) is 1.55. The molecule has 9 aromatic rings. The second-order valence-electron chi connectivity index (χ2n) is 11.5. The maximum absolute atomic E-state index is 8.73. The van der Waals surface area contributed by atoms with Gasteiger partial charge in [-0.25, -0.2) is 15.0 Å². The van der Waals surface area contributed by atoms with Crippen molar-refractivity contribution in [1.29, 1.82) is 0 Å². The number of furan rings is 1. The van der Waals surface area contributed by atoms with Crippen LogP contribution in [-0.2, 0) is 0 Å². The molecule has 0 atom stereocenters. The van der Waals surface area contributed by atoms with Gasteiger partial charge in [0.2, 0.25) is 0 Å². The Kier molecular flexibility index (Phi) is 5.84. The first-order chi connectivity index (χ1) is 26.4. The first kappa shape index (κ1) is 23.6. The van der Waals surface area contributed by atoms with Gasteiger partial charge in [0.25, 0.3) is 0 Å². The molecule has 5 heteroatoms. The van der Waals surface area contributed by atoms with Crippen LogP contribution in [0.15, 0.2) is 174 Å². The van der Waals surface area contributed by atoms with Crippen LogP contribution < -0.4 is 0 Å². The lowest BCUT2D eigenvalue weighted by molar-refractivity contribution is 0.668. The van der Waals surface area contributed by atoms with Gasteiger partial charge >= 0.3 is 0 Å². The van der Waals surface area contributed by atoms with Crippen molar-refractivity contribution in [3.05, 3.63) is 170 Å². The zero-order chi connectivity index (χ0) is 36.9. The standard InChI is InChI=1S/C44H28N4O/c1-4-11-29(12-5-1)31-19-23-33(24-20-31)36-17-10-18-37-40-38(27-45-28-39(40)49-41(36)37)44-47-42(34-15-8-3-9-16-34)46-43(48-44)35-25-21-32(22-26-35)30-13-6-2-7-14-30/h1-28H/i3D,8D,9D,15D,16D. The monoisotopic (exact) mass is 633 g/mol. The molecule has 230 valence electrons. The van der Waals surface area contributed by atoms with Crippen LogP contribution >= 0.6 is 0 Å². The molecule has 0 spiro atoms. The van der Waals surface area contributed by atoms with Crippen LogP contribution in [0.4, 0.5) is 0 Å².